The van der Waals surface area contributed by atoms with Crippen molar-refractivity contribution in [3.8, 4) is 0 Å². The maximum atomic E-state index is 10.7. The van der Waals surface area contributed by atoms with E-state index < -0.39 is 5.97 Å². The highest BCUT2D eigenvalue weighted by atomic mass is 32.2. The first-order valence-corrected chi connectivity index (χ1v) is 7.79. The van der Waals surface area contributed by atoms with Crippen molar-refractivity contribution in [2.24, 2.45) is 0 Å². The molecule has 1 aliphatic rings. The summed E-state index contributed by atoms with van der Waals surface area (Å²) >= 11 is 3.12. The van der Waals surface area contributed by atoms with Crippen LogP contribution in [0, 0.1) is 0 Å². The highest BCUT2D eigenvalue weighted by Crippen LogP contribution is 2.28. The molecule has 0 aliphatic heterocycles. The predicted molar refractivity (Wildman–Crippen MR) is 70.9 cm³/mol. The highest BCUT2D eigenvalue weighted by molar-refractivity contribution is 7.99. The fourth-order valence-electron chi connectivity index (χ4n) is 2.07. The summed E-state index contributed by atoms with van der Waals surface area (Å²) in [4.78, 5) is 14.7. The van der Waals surface area contributed by atoms with Crippen molar-refractivity contribution >= 4 is 29.1 Å². The summed E-state index contributed by atoms with van der Waals surface area (Å²) in [5.41, 5.74) is 0.833. The van der Waals surface area contributed by atoms with Crippen LogP contribution in [0.1, 0.15) is 34.8 Å². The normalized spacial score (nSPS) is 24.1. The number of nitrogens with zero attached hydrogens (tertiary/aromatic N) is 1. The summed E-state index contributed by atoms with van der Waals surface area (Å²) in [7, 11) is 0. The molecule has 4 nitrogen and oxygen atoms in total. The second-order valence-corrected chi connectivity index (χ2v) is 6.19. The number of nitrogens with one attached hydrogen (secondary N) is 1. The summed E-state index contributed by atoms with van der Waals surface area (Å²) in [6.45, 7) is 0.676. The molecule has 0 radical (unpaired) electrons. The molecule has 0 saturated heterocycles. The molecule has 1 aromatic heterocycles. The summed E-state index contributed by atoms with van der Waals surface area (Å²) in [5, 5.41) is 15.0. The standard InChI is InChI=1S/C11H16N2O2S2/c1-16-9-3-2-7(4-9)12-5-8-6-17-10(13-8)11(14)15/h6-7,9,12H,2-5H2,1H3,(H,14,15). The van der Waals surface area contributed by atoms with Crippen LogP contribution >= 0.6 is 23.1 Å². The van der Waals surface area contributed by atoms with Crippen molar-refractivity contribution in [2.45, 2.75) is 37.1 Å². The van der Waals surface area contributed by atoms with Crippen molar-refractivity contribution in [3.63, 3.8) is 0 Å². The minimum Gasteiger partial charge on any atom is -0.476 e. The molecule has 0 aromatic carbocycles. The third-order valence-corrected chi connectivity index (χ3v) is 5.00. The maximum Gasteiger partial charge on any atom is 0.365 e. The molecule has 1 heterocycles. The number of hydrogen-bond donors (Lipinski definition) is 2. The van der Waals surface area contributed by atoms with Crippen LogP contribution in [0.5, 0.6) is 0 Å². The zero-order valence-corrected chi connectivity index (χ0v) is 11.3. The van der Waals surface area contributed by atoms with Gasteiger partial charge in [0.2, 0.25) is 5.01 Å². The van der Waals surface area contributed by atoms with E-state index in [-0.39, 0.29) is 5.01 Å². The smallest absolute Gasteiger partial charge is 0.365 e. The molecule has 0 amide bonds. The number of thiazole rings is 1. The Bertz CT molecular complexity index is 395. The van der Waals surface area contributed by atoms with Gasteiger partial charge in [-0.15, -0.1) is 11.3 Å². The van der Waals surface area contributed by atoms with Crippen molar-refractivity contribution in [2.75, 3.05) is 6.26 Å². The van der Waals surface area contributed by atoms with Crippen LogP contribution < -0.4 is 5.32 Å². The molecule has 17 heavy (non-hydrogen) atoms. The van der Waals surface area contributed by atoms with E-state index in [1.807, 2.05) is 17.1 Å². The van der Waals surface area contributed by atoms with E-state index in [0.717, 1.165) is 10.9 Å². The van der Waals surface area contributed by atoms with Crippen molar-refractivity contribution in [1.29, 1.82) is 0 Å². The van der Waals surface area contributed by atoms with Gasteiger partial charge in [0.05, 0.1) is 5.69 Å². The topological polar surface area (TPSA) is 62.2 Å². The summed E-state index contributed by atoms with van der Waals surface area (Å²) in [6.07, 6.45) is 5.85. The van der Waals surface area contributed by atoms with Gasteiger partial charge in [-0.3, -0.25) is 0 Å². The Hall–Kier alpha value is -0.590. The number of carboxylic acids is 1. The highest BCUT2D eigenvalue weighted by Gasteiger charge is 2.23. The largest absolute Gasteiger partial charge is 0.476 e. The van der Waals surface area contributed by atoms with Crippen LogP contribution in [0.25, 0.3) is 0 Å². The summed E-state index contributed by atoms with van der Waals surface area (Å²) in [6, 6.07) is 0.558. The minimum atomic E-state index is -0.940. The molecule has 2 rings (SSSR count). The molecule has 1 aliphatic carbocycles. The molecule has 1 fully saturated rings. The van der Waals surface area contributed by atoms with Gasteiger partial charge in [0.25, 0.3) is 0 Å². The average Bonchev–Trinajstić information content (AvgIpc) is 2.95. The monoisotopic (exact) mass is 272 g/mol. The molecule has 2 unspecified atom stereocenters. The van der Waals surface area contributed by atoms with Crippen LogP contribution in [0.4, 0.5) is 0 Å². The Balaban J connectivity index is 1.80. The number of hydrogen-bond acceptors (Lipinski definition) is 5. The lowest BCUT2D eigenvalue weighted by Gasteiger charge is -2.11. The van der Waals surface area contributed by atoms with E-state index >= 15 is 0 Å². The molecular weight excluding hydrogens is 256 g/mol. The van der Waals surface area contributed by atoms with E-state index in [4.69, 9.17) is 5.11 Å². The van der Waals surface area contributed by atoms with Gasteiger partial charge in [-0.05, 0) is 25.5 Å². The second kappa shape index (κ2) is 5.84. The van der Waals surface area contributed by atoms with Gasteiger partial charge in [-0.25, -0.2) is 9.78 Å². The Labute approximate surface area is 109 Å². The quantitative estimate of drug-likeness (QED) is 0.860. The lowest BCUT2D eigenvalue weighted by molar-refractivity contribution is 0.0696. The fourth-order valence-corrected chi connectivity index (χ4v) is 3.53. The Morgan fingerprint density at radius 2 is 2.53 bits per heavy atom. The van der Waals surface area contributed by atoms with E-state index in [0.29, 0.717) is 12.6 Å². The lowest BCUT2D eigenvalue weighted by Crippen LogP contribution is -2.26. The minimum absolute atomic E-state index is 0.176. The SMILES string of the molecule is CSC1CCC(NCc2csc(C(=O)O)n2)C1. The third kappa shape index (κ3) is 3.43. The molecule has 0 spiro atoms. The first-order chi connectivity index (χ1) is 8.19. The van der Waals surface area contributed by atoms with E-state index in [1.54, 1.807) is 0 Å². The number of aromatic carboxylic acids is 1. The van der Waals surface area contributed by atoms with Gasteiger partial charge in [0.1, 0.15) is 0 Å². The molecular formula is C11H16N2O2S2. The average molecular weight is 272 g/mol. The van der Waals surface area contributed by atoms with Gasteiger partial charge < -0.3 is 10.4 Å². The Kier molecular flexibility index (Phi) is 4.42. The van der Waals surface area contributed by atoms with Crippen LogP contribution in [-0.4, -0.2) is 33.6 Å². The number of rotatable bonds is 5. The first-order valence-electron chi connectivity index (χ1n) is 5.63. The molecule has 2 atom stereocenters. The van der Waals surface area contributed by atoms with Crippen molar-refractivity contribution in [1.82, 2.24) is 10.3 Å². The van der Waals surface area contributed by atoms with Crippen LogP contribution in [0.3, 0.4) is 0 Å². The zero-order chi connectivity index (χ0) is 12.3. The first kappa shape index (κ1) is 12.9. The van der Waals surface area contributed by atoms with E-state index in [1.165, 1.54) is 30.6 Å². The molecule has 1 aromatic rings. The summed E-state index contributed by atoms with van der Waals surface area (Å²) < 4.78 is 0. The molecule has 2 N–H and O–H groups in total. The number of thioether (sulfide) groups is 1. The number of aromatic nitrogens is 1. The molecule has 0 bridgehead atoms. The van der Waals surface area contributed by atoms with Crippen LogP contribution in [-0.2, 0) is 6.54 Å². The molecule has 6 heteroatoms. The molecule has 94 valence electrons. The maximum absolute atomic E-state index is 10.7. The lowest BCUT2D eigenvalue weighted by atomic mass is 10.2. The predicted octanol–water partition coefficient (Wildman–Crippen LogP) is 2.21. The fraction of sp³-hybridized carbons (Fsp3) is 0.636. The van der Waals surface area contributed by atoms with Gasteiger partial charge in [-0.1, -0.05) is 0 Å². The van der Waals surface area contributed by atoms with E-state index in [2.05, 4.69) is 16.6 Å². The molecule has 1 saturated carbocycles. The second-order valence-electron chi connectivity index (χ2n) is 4.20. The number of carboxylic acid groups (broad SMARTS) is 1. The van der Waals surface area contributed by atoms with Crippen molar-refractivity contribution in [3.05, 3.63) is 16.1 Å². The van der Waals surface area contributed by atoms with Crippen LogP contribution in [0.15, 0.2) is 5.38 Å². The van der Waals surface area contributed by atoms with E-state index in [9.17, 15) is 4.79 Å². The Morgan fingerprint density at radius 1 is 1.71 bits per heavy atom. The van der Waals surface area contributed by atoms with Gasteiger partial charge in [0.15, 0.2) is 0 Å². The van der Waals surface area contributed by atoms with Gasteiger partial charge in [-0.2, -0.15) is 11.8 Å². The zero-order valence-electron chi connectivity index (χ0n) is 9.68. The Morgan fingerprint density at radius 3 is 3.12 bits per heavy atom. The van der Waals surface area contributed by atoms with Crippen LogP contribution in [0.2, 0.25) is 0 Å². The van der Waals surface area contributed by atoms with Crippen molar-refractivity contribution < 1.29 is 9.90 Å². The number of carbonyl (C=O) groups is 1. The summed E-state index contributed by atoms with van der Waals surface area (Å²) in [5.74, 6) is -0.940. The van der Waals surface area contributed by atoms with Gasteiger partial charge in [0, 0.05) is 23.2 Å². The third-order valence-electron chi connectivity index (χ3n) is 3.02. The van der Waals surface area contributed by atoms with Gasteiger partial charge >= 0.3 is 5.97 Å².